The Morgan fingerprint density at radius 3 is 2.71 bits per heavy atom. The van der Waals surface area contributed by atoms with Gasteiger partial charge in [-0.25, -0.2) is 0 Å². The van der Waals surface area contributed by atoms with E-state index in [1.807, 2.05) is 18.4 Å². The molecular formula is C10H12N2OS. The van der Waals surface area contributed by atoms with Gasteiger partial charge in [0.25, 0.3) is 5.56 Å². The molecule has 1 aromatic heterocycles. The molecule has 4 heteroatoms. The molecule has 3 nitrogen and oxygen atoms in total. The molecule has 0 atom stereocenters. The van der Waals surface area contributed by atoms with E-state index in [-0.39, 0.29) is 11.6 Å². The second-order valence-electron chi connectivity index (χ2n) is 3.18. The van der Waals surface area contributed by atoms with E-state index in [1.54, 1.807) is 13.1 Å². The molecule has 14 heavy (non-hydrogen) atoms. The average Bonchev–Trinajstić information content (AvgIpc) is 2.09. The fourth-order valence-electron chi connectivity index (χ4n) is 1.09. The molecule has 0 saturated carbocycles. The molecule has 0 unspecified atom stereocenters. The van der Waals surface area contributed by atoms with E-state index in [4.69, 9.17) is 12.2 Å². The number of aromatic amines is 1. The monoisotopic (exact) mass is 208 g/mol. The van der Waals surface area contributed by atoms with Crippen molar-refractivity contribution in [2.45, 2.75) is 26.8 Å². The van der Waals surface area contributed by atoms with Crippen LogP contribution in [-0.2, 0) is 0 Å². The second kappa shape index (κ2) is 4.25. The van der Waals surface area contributed by atoms with Crippen molar-refractivity contribution >= 4 is 12.2 Å². The Balaban J connectivity index is 3.48. The van der Waals surface area contributed by atoms with E-state index < -0.39 is 0 Å². The normalized spacial score (nSPS) is 9.71. The maximum absolute atomic E-state index is 11.4. The molecule has 0 saturated heterocycles. The predicted molar refractivity (Wildman–Crippen MR) is 58.8 cm³/mol. The lowest BCUT2D eigenvalue weighted by molar-refractivity contribution is 0.573. The molecule has 74 valence electrons. The highest BCUT2D eigenvalue weighted by Gasteiger charge is 2.02. The van der Waals surface area contributed by atoms with Crippen LogP contribution >= 0.6 is 12.2 Å². The van der Waals surface area contributed by atoms with Gasteiger partial charge in [-0.15, -0.1) is 5.92 Å². The summed E-state index contributed by atoms with van der Waals surface area (Å²) in [5.41, 5.74) is 0.232. The molecule has 0 amide bonds. The summed E-state index contributed by atoms with van der Waals surface area (Å²) in [5, 5.41) is 0. The highest BCUT2D eigenvalue weighted by atomic mass is 32.1. The second-order valence-corrected chi connectivity index (χ2v) is 3.56. The number of hydrogen-bond donors (Lipinski definition) is 1. The van der Waals surface area contributed by atoms with Gasteiger partial charge in [-0.05, 0) is 33.0 Å². The van der Waals surface area contributed by atoms with E-state index >= 15 is 0 Å². The third-order valence-electron chi connectivity index (χ3n) is 1.78. The summed E-state index contributed by atoms with van der Waals surface area (Å²) >= 11 is 5.02. The van der Waals surface area contributed by atoms with Crippen molar-refractivity contribution in [2.24, 2.45) is 0 Å². The van der Waals surface area contributed by atoms with Crippen molar-refractivity contribution in [1.82, 2.24) is 9.55 Å². The minimum atomic E-state index is -0.221. The summed E-state index contributed by atoms with van der Waals surface area (Å²) in [5.74, 6) is 5.43. The summed E-state index contributed by atoms with van der Waals surface area (Å²) in [6.45, 7) is 5.69. The first-order valence-electron chi connectivity index (χ1n) is 4.34. The molecule has 0 radical (unpaired) electrons. The van der Waals surface area contributed by atoms with Gasteiger partial charge in [-0.3, -0.25) is 9.78 Å². The van der Waals surface area contributed by atoms with Crippen molar-refractivity contribution in [2.75, 3.05) is 0 Å². The molecule has 0 aliphatic carbocycles. The first-order chi connectivity index (χ1) is 6.56. The molecule has 0 aliphatic rings. The third-order valence-corrected chi connectivity index (χ3v) is 2.10. The van der Waals surface area contributed by atoms with E-state index in [2.05, 4.69) is 16.8 Å². The van der Waals surface area contributed by atoms with Gasteiger partial charge in [0.2, 0.25) is 0 Å². The topological polar surface area (TPSA) is 37.8 Å². The maximum atomic E-state index is 11.4. The lowest BCUT2D eigenvalue weighted by atomic mass is 10.3. The van der Waals surface area contributed by atoms with Crippen molar-refractivity contribution in [3.63, 3.8) is 0 Å². The number of aromatic nitrogens is 2. The molecule has 0 fully saturated rings. The quantitative estimate of drug-likeness (QED) is 0.565. The first kappa shape index (κ1) is 10.7. The molecule has 0 aromatic carbocycles. The van der Waals surface area contributed by atoms with Gasteiger partial charge < -0.3 is 4.57 Å². The molecule has 0 spiro atoms. The van der Waals surface area contributed by atoms with Crippen LogP contribution in [0.3, 0.4) is 0 Å². The largest absolute Gasteiger partial charge is 0.321 e. The van der Waals surface area contributed by atoms with Crippen LogP contribution in [0.25, 0.3) is 0 Å². The molecular weight excluding hydrogens is 196 g/mol. The van der Waals surface area contributed by atoms with Crippen LogP contribution in [0.5, 0.6) is 0 Å². The van der Waals surface area contributed by atoms with Crippen molar-refractivity contribution in [3.8, 4) is 11.8 Å². The lowest BCUT2D eigenvalue weighted by Gasteiger charge is -2.10. The summed E-state index contributed by atoms with van der Waals surface area (Å²) < 4.78 is 2.25. The van der Waals surface area contributed by atoms with Gasteiger partial charge in [-0.1, -0.05) is 5.92 Å². The third kappa shape index (κ3) is 2.12. The number of H-pyrrole nitrogens is 1. The number of hydrogen-bond acceptors (Lipinski definition) is 2. The van der Waals surface area contributed by atoms with Crippen molar-refractivity contribution < 1.29 is 0 Å². The van der Waals surface area contributed by atoms with Gasteiger partial charge in [0, 0.05) is 12.2 Å². The SMILES string of the molecule is CC#Cc1cn(C(C)C)c(=S)[nH]c1=O. The van der Waals surface area contributed by atoms with E-state index in [0.29, 0.717) is 10.3 Å². The number of nitrogens with one attached hydrogen (secondary N) is 1. The van der Waals surface area contributed by atoms with Crippen LogP contribution in [-0.4, -0.2) is 9.55 Å². The lowest BCUT2D eigenvalue weighted by Crippen LogP contribution is -2.17. The highest BCUT2D eigenvalue weighted by Crippen LogP contribution is 2.03. The molecule has 1 heterocycles. The van der Waals surface area contributed by atoms with Crippen LogP contribution in [0, 0.1) is 16.6 Å². The Kier molecular flexibility index (Phi) is 3.26. The Labute approximate surface area is 87.8 Å². The van der Waals surface area contributed by atoms with Crippen LogP contribution in [0.4, 0.5) is 0 Å². The van der Waals surface area contributed by atoms with Crippen LogP contribution in [0.2, 0.25) is 0 Å². The van der Waals surface area contributed by atoms with Gasteiger partial charge in [-0.2, -0.15) is 0 Å². The molecule has 1 aromatic rings. The zero-order valence-corrected chi connectivity index (χ0v) is 9.23. The minimum absolute atomic E-state index is 0.219. The number of rotatable bonds is 1. The first-order valence-corrected chi connectivity index (χ1v) is 4.75. The Hall–Kier alpha value is -1.34. The molecule has 0 bridgehead atoms. The summed E-state index contributed by atoms with van der Waals surface area (Å²) in [6.07, 6.45) is 1.70. The average molecular weight is 208 g/mol. The van der Waals surface area contributed by atoms with E-state index in [1.165, 1.54) is 0 Å². The molecule has 1 N–H and O–H groups in total. The zero-order chi connectivity index (χ0) is 10.7. The van der Waals surface area contributed by atoms with Crippen molar-refractivity contribution in [1.29, 1.82) is 0 Å². The maximum Gasteiger partial charge on any atom is 0.267 e. The molecule has 1 rings (SSSR count). The summed E-state index contributed by atoms with van der Waals surface area (Å²) in [6, 6.07) is 0.219. The van der Waals surface area contributed by atoms with E-state index in [9.17, 15) is 4.79 Å². The summed E-state index contributed by atoms with van der Waals surface area (Å²) in [4.78, 5) is 14.0. The van der Waals surface area contributed by atoms with Gasteiger partial charge >= 0.3 is 0 Å². The smallest absolute Gasteiger partial charge is 0.267 e. The highest BCUT2D eigenvalue weighted by molar-refractivity contribution is 7.71. The standard InChI is InChI=1S/C10H12N2OS/c1-4-5-8-6-12(7(2)3)10(14)11-9(8)13/h6-7H,1-3H3,(H,11,13,14). The zero-order valence-electron chi connectivity index (χ0n) is 8.42. The van der Waals surface area contributed by atoms with Gasteiger partial charge in [0.1, 0.15) is 5.56 Å². The Morgan fingerprint density at radius 2 is 2.21 bits per heavy atom. The minimum Gasteiger partial charge on any atom is -0.321 e. The fraction of sp³-hybridized carbons (Fsp3) is 0.400. The van der Waals surface area contributed by atoms with Crippen LogP contribution in [0.1, 0.15) is 32.4 Å². The van der Waals surface area contributed by atoms with Gasteiger partial charge in [0.05, 0.1) is 0 Å². The van der Waals surface area contributed by atoms with Crippen LogP contribution in [0.15, 0.2) is 11.0 Å². The Morgan fingerprint density at radius 1 is 1.57 bits per heavy atom. The van der Waals surface area contributed by atoms with Crippen LogP contribution < -0.4 is 5.56 Å². The molecule has 0 aliphatic heterocycles. The fourth-order valence-corrected chi connectivity index (χ4v) is 1.45. The Bertz CT molecular complexity index is 499. The van der Waals surface area contributed by atoms with E-state index in [0.717, 1.165) is 0 Å². The number of nitrogens with zero attached hydrogens (tertiary/aromatic N) is 1. The predicted octanol–water partition coefficient (Wildman–Crippen LogP) is 1.86. The van der Waals surface area contributed by atoms with Gasteiger partial charge in [0.15, 0.2) is 4.77 Å². The van der Waals surface area contributed by atoms with Crippen molar-refractivity contribution in [3.05, 3.63) is 26.9 Å². The summed E-state index contributed by atoms with van der Waals surface area (Å²) in [7, 11) is 0.